The molecule has 12 heavy (non-hydrogen) atoms. The quantitative estimate of drug-likeness (QED) is 0.245. The van der Waals surface area contributed by atoms with Gasteiger partial charge in [-0.05, 0) is 18.3 Å². The van der Waals surface area contributed by atoms with Crippen LogP contribution in [0.5, 0.6) is 0 Å². The minimum Gasteiger partial charge on any atom is -0.408 e. The lowest BCUT2D eigenvalue weighted by atomic mass is 9.83. The van der Waals surface area contributed by atoms with E-state index in [1.165, 1.54) is 0 Å². The van der Waals surface area contributed by atoms with Gasteiger partial charge in [-0.15, -0.1) is 0 Å². The molecule has 0 aromatic carbocycles. The fourth-order valence-corrected chi connectivity index (χ4v) is 1.40. The Balaban J connectivity index is 2.47. The van der Waals surface area contributed by atoms with Gasteiger partial charge in [-0.1, -0.05) is 19.0 Å². The summed E-state index contributed by atoms with van der Waals surface area (Å²) in [7, 11) is 0. The van der Waals surface area contributed by atoms with Gasteiger partial charge in [-0.2, -0.15) is 0 Å². The maximum atomic E-state index is 8.44. The maximum Gasteiger partial charge on any atom is 0.233 e. The van der Waals surface area contributed by atoms with Crippen LogP contribution in [0.2, 0.25) is 0 Å². The van der Waals surface area contributed by atoms with Gasteiger partial charge in [0.25, 0.3) is 0 Å². The predicted molar refractivity (Wildman–Crippen MR) is 48.0 cm³/mol. The molecule has 0 aromatic heterocycles. The van der Waals surface area contributed by atoms with Crippen LogP contribution >= 0.6 is 0 Å². The number of nitrogens with two attached hydrogens (primary N) is 1. The lowest BCUT2D eigenvalue weighted by molar-refractivity contribution is 0.181. The molecule has 1 fully saturated rings. The smallest absolute Gasteiger partial charge is 0.233 e. The first kappa shape index (κ1) is 9.16. The summed E-state index contributed by atoms with van der Waals surface area (Å²) in [4.78, 5) is 1.91. The number of nitrogens with zero attached hydrogens (tertiary/aromatic N) is 2. The van der Waals surface area contributed by atoms with Crippen LogP contribution < -0.4 is 5.73 Å². The van der Waals surface area contributed by atoms with Gasteiger partial charge in [-0.25, -0.2) is 0 Å². The average Bonchev–Trinajstić information content (AvgIpc) is 2.03. The lowest BCUT2D eigenvalue weighted by Crippen LogP contribution is -2.44. The molecular formula is C8H17N3O. The van der Waals surface area contributed by atoms with Gasteiger partial charge in [-0.3, -0.25) is 0 Å². The summed E-state index contributed by atoms with van der Waals surface area (Å²) in [5.74, 6) is 0.241. The molecule has 3 N–H and O–H groups in total. The van der Waals surface area contributed by atoms with Gasteiger partial charge in [0.2, 0.25) is 5.96 Å². The molecule has 1 aliphatic rings. The molecule has 1 rings (SSSR count). The first-order chi connectivity index (χ1) is 5.55. The number of oxime groups is 1. The second kappa shape index (κ2) is 3.21. The molecule has 0 unspecified atom stereocenters. The van der Waals surface area contributed by atoms with Gasteiger partial charge in [0.05, 0.1) is 0 Å². The molecule has 1 heterocycles. The van der Waals surface area contributed by atoms with Gasteiger partial charge in [0.1, 0.15) is 0 Å². The van der Waals surface area contributed by atoms with Crippen LogP contribution in [-0.2, 0) is 0 Å². The summed E-state index contributed by atoms with van der Waals surface area (Å²) in [6, 6.07) is 0. The van der Waals surface area contributed by atoms with Gasteiger partial charge in [0, 0.05) is 13.1 Å². The van der Waals surface area contributed by atoms with E-state index in [1.54, 1.807) is 0 Å². The van der Waals surface area contributed by atoms with Crippen molar-refractivity contribution in [2.24, 2.45) is 16.3 Å². The monoisotopic (exact) mass is 171 g/mol. The van der Waals surface area contributed by atoms with E-state index in [0.29, 0.717) is 5.41 Å². The fourth-order valence-electron chi connectivity index (χ4n) is 1.40. The summed E-state index contributed by atoms with van der Waals surface area (Å²) in [5.41, 5.74) is 5.87. The predicted octanol–water partition coefficient (Wildman–Crippen LogP) is 0.812. The lowest BCUT2D eigenvalue weighted by Gasteiger charge is -2.36. The highest BCUT2D eigenvalue weighted by molar-refractivity contribution is 5.77. The number of likely N-dealkylation sites (tertiary alicyclic amines) is 1. The van der Waals surface area contributed by atoms with E-state index in [0.717, 1.165) is 25.9 Å². The van der Waals surface area contributed by atoms with Gasteiger partial charge < -0.3 is 15.8 Å². The molecule has 0 atom stereocenters. The molecule has 1 saturated heterocycles. The summed E-state index contributed by atoms with van der Waals surface area (Å²) in [6.45, 7) is 6.28. The van der Waals surface area contributed by atoms with E-state index < -0.39 is 0 Å². The number of hydrogen-bond donors (Lipinski definition) is 2. The van der Waals surface area contributed by atoms with E-state index in [4.69, 9.17) is 10.9 Å². The molecule has 70 valence electrons. The summed E-state index contributed by atoms with van der Waals surface area (Å²) < 4.78 is 0. The Morgan fingerprint density at radius 1 is 1.42 bits per heavy atom. The molecule has 0 bridgehead atoms. The minimum absolute atomic E-state index is 0.241. The van der Waals surface area contributed by atoms with Crippen LogP contribution in [-0.4, -0.2) is 29.2 Å². The van der Waals surface area contributed by atoms with E-state index >= 15 is 0 Å². The van der Waals surface area contributed by atoms with Gasteiger partial charge >= 0.3 is 0 Å². The Kier molecular flexibility index (Phi) is 2.45. The third kappa shape index (κ3) is 2.03. The molecular weight excluding hydrogens is 154 g/mol. The summed E-state index contributed by atoms with van der Waals surface area (Å²) in [5, 5.41) is 11.4. The third-order valence-corrected chi connectivity index (χ3v) is 2.54. The highest BCUT2D eigenvalue weighted by Crippen LogP contribution is 2.29. The minimum atomic E-state index is 0.241. The Morgan fingerprint density at radius 2 is 1.92 bits per heavy atom. The van der Waals surface area contributed by atoms with Crippen molar-refractivity contribution in [3.63, 3.8) is 0 Å². The van der Waals surface area contributed by atoms with Crippen LogP contribution in [0.25, 0.3) is 0 Å². The molecule has 0 saturated carbocycles. The van der Waals surface area contributed by atoms with Crippen LogP contribution in [0.15, 0.2) is 5.16 Å². The number of rotatable bonds is 0. The molecule has 0 spiro atoms. The zero-order valence-electron chi connectivity index (χ0n) is 7.75. The fraction of sp³-hybridized carbons (Fsp3) is 0.875. The molecule has 1 aliphatic heterocycles. The number of guanidine groups is 1. The Morgan fingerprint density at radius 3 is 2.33 bits per heavy atom. The average molecular weight is 171 g/mol. The Hall–Kier alpha value is -0.930. The first-order valence-electron chi connectivity index (χ1n) is 4.28. The second-order valence-corrected chi connectivity index (χ2v) is 4.11. The standard InChI is InChI=1S/C8H17N3O/c1-8(2)3-5-11(6-4-8)7(9)10-12/h12H,3-6H2,1-2H3,(H2,9,10). The molecule has 4 heteroatoms. The van der Waals surface area contributed by atoms with Crippen molar-refractivity contribution in [2.45, 2.75) is 26.7 Å². The van der Waals surface area contributed by atoms with Crippen molar-refractivity contribution < 1.29 is 5.21 Å². The zero-order valence-corrected chi connectivity index (χ0v) is 7.75. The maximum absolute atomic E-state index is 8.44. The molecule has 0 amide bonds. The Bertz CT molecular complexity index is 179. The third-order valence-electron chi connectivity index (χ3n) is 2.54. The van der Waals surface area contributed by atoms with Crippen LogP contribution in [0.3, 0.4) is 0 Å². The van der Waals surface area contributed by atoms with E-state index in [-0.39, 0.29) is 5.96 Å². The Labute approximate surface area is 73.0 Å². The largest absolute Gasteiger partial charge is 0.408 e. The van der Waals surface area contributed by atoms with Crippen LogP contribution in [0.4, 0.5) is 0 Å². The SMILES string of the molecule is CC1(C)CCN(/C(N)=N/O)CC1. The van der Waals surface area contributed by atoms with Gasteiger partial charge in [0.15, 0.2) is 0 Å². The normalized spacial score (nSPS) is 24.2. The van der Waals surface area contributed by atoms with E-state index in [9.17, 15) is 0 Å². The molecule has 0 aliphatic carbocycles. The molecule has 0 radical (unpaired) electrons. The first-order valence-corrected chi connectivity index (χ1v) is 4.28. The molecule has 4 nitrogen and oxygen atoms in total. The summed E-state index contributed by atoms with van der Waals surface area (Å²) in [6.07, 6.45) is 2.20. The highest BCUT2D eigenvalue weighted by atomic mass is 16.4. The summed E-state index contributed by atoms with van der Waals surface area (Å²) >= 11 is 0. The van der Waals surface area contributed by atoms with Crippen LogP contribution in [0, 0.1) is 5.41 Å². The van der Waals surface area contributed by atoms with Crippen molar-refractivity contribution in [3.05, 3.63) is 0 Å². The van der Waals surface area contributed by atoms with Crippen molar-refractivity contribution in [3.8, 4) is 0 Å². The second-order valence-electron chi connectivity index (χ2n) is 4.11. The van der Waals surface area contributed by atoms with Crippen molar-refractivity contribution >= 4 is 5.96 Å². The van der Waals surface area contributed by atoms with Crippen molar-refractivity contribution in [1.82, 2.24) is 4.90 Å². The number of piperidine rings is 1. The van der Waals surface area contributed by atoms with Crippen molar-refractivity contribution in [2.75, 3.05) is 13.1 Å². The topological polar surface area (TPSA) is 61.8 Å². The van der Waals surface area contributed by atoms with E-state index in [1.807, 2.05) is 4.90 Å². The number of hydrogen-bond acceptors (Lipinski definition) is 2. The molecule has 0 aromatic rings. The van der Waals surface area contributed by atoms with Crippen LogP contribution in [0.1, 0.15) is 26.7 Å². The van der Waals surface area contributed by atoms with Crippen molar-refractivity contribution in [1.29, 1.82) is 0 Å². The zero-order chi connectivity index (χ0) is 9.19. The highest BCUT2D eigenvalue weighted by Gasteiger charge is 2.26. The van der Waals surface area contributed by atoms with E-state index in [2.05, 4.69) is 19.0 Å².